The summed E-state index contributed by atoms with van der Waals surface area (Å²) in [5.74, 6) is 0.404. The van der Waals surface area contributed by atoms with Gasteiger partial charge in [-0.15, -0.1) is 5.10 Å². The molecule has 1 saturated heterocycles. The Labute approximate surface area is 192 Å². The van der Waals surface area contributed by atoms with Gasteiger partial charge in [-0.1, -0.05) is 29.8 Å². The van der Waals surface area contributed by atoms with Gasteiger partial charge in [-0.3, -0.25) is 9.69 Å². The molecule has 0 bridgehead atoms. The molecule has 5 rings (SSSR count). The van der Waals surface area contributed by atoms with E-state index in [-0.39, 0.29) is 5.91 Å². The van der Waals surface area contributed by atoms with Gasteiger partial charge >= 0.3 is 0 Å². The van der Waals surface area contributed by atoms with Gasteiger partial charge in [0.05, 0.1) is 25.6 Å². The molecule has 0 radical (unpaired) electrons. The van der Waals surface area contributed by atoms with E-state index in [1.165, 1.54) is 5.56 Å². The molecule has 2 aromatic heterocycles. The predicted octanol–water partition coefficient (Wildman–Crippen LogP) is 3.47. The Balaban J connectivity index is 1.28. The first-order valence-corrected chi connectivity index (χ1v) is 11.0. The number of morpholine rings is 1. The van der Waals surface area contributed by atoms with E-state index >= 15 is 0 Å². The Morgan fingerprint density at radius 3 is 2.61 bits per heavy atom. The third-order valence-electron chi connectivity index (χ3n) is 5.64. The fourth-order valence-electron chi connectivity index (χ4n) is 3.86. The van der Waals surface area contributed by atoms with Crippen LogP contribution in [0, 0.1) is 6.92 Å². The molecule has 0 atom stereocenters. The van der Waals surface area contributed by atoms with Crippen molar-refractivity contribution in [1.29, 1.82) is 0 Å². The summed E-state index contributed by atoms with van der Waals surface area (Å²) in [4.78, 5) is 19.2. The van der Waals surface area contributed by atoms with Gasteiger partial charge in [-0.25, -0.2) is 4.52 Å². The number of hydrogen-bond donors (Lipinski definition) is 2. The minimum absolute atomic E-state index is 0.0957. The summed E-state index contributed by atoms with van der Waals surface area (Å²) in [6.45, 7) is 5.68. The molecule has 2 N–H and O–H groups in total. The maximum Gasteiger partial charge on any atom is 0.252 e. The molecule has 168 valence electrons. The number of hydrogen-bond acceptors (Lipinski definition) is 6. The van der Waals surface area contributed by atoms with Crippen molar-refractivity contribution in [1.82, 2.24) is 24.8 Å². The highest BCUT2D eigenvalue weighted by Gasteiger charge is 2.13. The van der Waals surface area contributed by atoms with E-state index in [1.807, 2.05) is 40.9 Å². The summed E-state index contributed by atoms with van der Waals surface area (Å²) >= 11 is 0. The van der Waals surface area contributed by atoms with E-state index in [0.29, 0.717) is 31.4 Å². The van der Waals surface area contributed by atoms with Crippen LogP contribution >= 0.6 is 0 Å². The summed E-state index contributed by atoms with van der Waals surface area (Å²) < 4.78 is 7.17. The van der Waals surface area contributed by atoms with Crippen LogP contribution in [0.15, 0.2) is 66.7 Å². The van der Waals surface area contributed by atoms with Gasteiger partial charge in [0.15, 0.2) is 5.65 Å². The maximum absolute atomic E-state index is 12.5. The van der Waals surface area contributed by atoms with Crippen molar-refractivity contribution in [3.05, 3.63) is 77.9 Å². The van der Waals surface area contributed by atoms with Crippen molar-refractivity contribution in [2.75, 3.05) is 38.3 Å². The first kappa shape index (κ1) is 21.1. The molecule has 0 unspecified atom stereocenters. The van der Waals surface area contributed by atoms with Crippen LogP contribution in [0.5, 0.6) is 0 Å². The molecule has 1 aliphatic heterocycles. The van der Waals surface area contributed by atoms with Crippen molar-refractivity contribution in [2.24, 2.45) is 0 Å². The van der Waals surface area contributed by atoms with Crippen molar-refractivity contribution in [2.45, 2.75) is 6.92 Å². The van der Waals surface area contributed by atoms with Crippen LogP contribution in [-0.4, -0.2) is 58.4 Å². The van der Waals surface area contributed by atoms with E-state index in [0.717, 1.165) is 35.7 Å². The Morgan fingerprint density at radius 1 is 1.03 bits per heavy atom. The Kier molecular flexibility index (Phi) is 6.01. The monoisotopic (exact) mass is 442 g/mol. The number of nitrogens with zero attached hydrogens (tertiary/aromatic N) is 4. The number of ether oxygens (including phenoxy) is 1. The predicted molar refractivity (Wildman–Crippen MR) is 128 cm³/mol. The average molecular weight is 443 g/mol. The number of anilines is 2. The number of amides is 1. The largest absolute Gasteiger partial charge is 0.379 e. The summed E-state index contributed by atoms with van der Waals surface area (Å²) in [5.41, 5.74) is 5.44. The van der Waals surface area contributed by atoms with Gasteiger partial charge in [-0.2, -0.15) is 4.98 Å². The molecular formula is C25H26N6O2. The van der Waals surface area contributed by atoms with Crippen LogP contribution < -0.4 is 10.6 Å². The number of rotatable bonds is 6. The van der Waals surface area contributed by atoms with Crippen molar-refractivity contribution >= 4 is 23.2 Å². The second-order valence-electron chi connectivity index (χ2n) is 8.08. The average Bonchev–Trinajstić information content (AvgIpc) is 3.26. The Hall–Kier alpha value is -3.75. The van der Waals surface area contributed by atoms with Crippen molar-refractivity contribution < 1.29 is 9.53 Å². The highest BCUT2D eigenvalue weighted by atomic mass is 16.5. The zero-order valence-electron chi connectivity index (χ0n) is 18.5. The third kappa shape index (κ3) is 4.87. The number of carbonyl (C=O) groups is 1. The van der Waals surface area contributed by atoms with Crippen LogP contribution in [0.1, 0.15) is 15.9 Å². The molecule has 3 heterocycles. The zero-order chi connectivity index (χ0) is 22.6. The fourth-order valence-corrected chi connectivity index (χ4v) is 3.86. The van der Waals surface area contributed by atoms with Crippen LogP contribution in [0.25, 0.3) is 16.9 Å². The quantitative estimate of drug-likeness (QED) is 0.476. The molecule has 8 heteroatoms. The molecule has 1 fully saturated rings. The number of fused-ring (bicyclic) bond motifs is 1. The zero-order valence-corrected chi connectivity index (χ0v) is 18.5. The molecule has 1 amide bonds. The number of benzene rings is 2. The highest BCUT2D eigenvalue weighted by Crippen LogP contribution is 2.23. The SMILES string of the molecule is Cc1cccc(-c2cccc3nc(Nc4ccc(C(=O)NCN5CCOCC5)cc4)nn23)c1. The van der Waals surface area contributed by atoms with Gasteiger partial charge in [-0.05, 0) is 49.4 Å². The number of aryl methyl sites for hydroxylation is 1. The van der Waals surface area contributed by atoms with Gasteiger partial charge in [0.25, 0.3) is 5.91 Å². The second-order valence-corrected chi connectivity index (χ2v) is 8.08. The Bertz CT molecular complexity index is 1260. The van der Waals surface area contributed by atoms with Gasteiger partial charge < -0.3 is 15.4 Å². The van der Waals surface area contributed by atoms with Crippen LogP contribution in [0.2, 0.25) is 0 Å². The molecule has 4 aromatic rings. The summed E-state index contributed by atoms with van der Waals surface area (Å²) in [7, 11) is 0. The van der Waals surface area contributed by atoms with E-state index in [1.54, 1.807) is 12.1 Å². The Morgan fingerprint density at radius 2 is 1.82 bits per heavy atom. The maximum atomic E-state index is 12.5. The number of aromatic nitrogens is 3. The lowest BCUT2D eigenvalue weighted by atomic mass is 10.1. The summed E-state index contributed by atoms with van der Waals surface area (Å²) in [5, 5.41) is 10.9. The van der Waals surface area contributed by atoms with Gasteiger partial charge in [0.1, 0.15) is 0 Å². The fraction of sp³-hybridized carbons (Fsp3) is 0.240. The standard InChI is InChI=1S/C25H26N6O2/c1-18-4-2-5-20(16-18)22-6-3-7-23-28-25(29-31(22)23)27-21-10-8-19(9-11-21)24(32)26-17-30-12-14-33-15-13-30/h2-11,16H,12-15,17H2,1H3,(H,26,32)(H,27,29). The normalized spacial score (nSPS) is 14.3. The van der Waals surface area contributed by atoms with Crippen LogP contribution in [0.3, 0.4) is 0 Å². The van der Waals surface area contributed by atoms with Crippen LogP contribution in [0.4, 0.5) is 11.6 Å². The lowest BCUT2D eigenvalue weighted by Crippen LogP contribution is -2.43. The number of nitrogens with one attached hydrogen (secondary N) is 2. The topological polar surface area (TPSA) is 83.8 Å². The summed E-state index contributed by atoms with van der Waals surface area (Å²) in [6.07, 6.45) is 0. The molecular weight excluding hydrogens is 416 g/mol. The number of pyridine rings is 1. The molecule has 33 heavy (non-hydrogen) atoms. The smallest absolute Gasteiger partial charge is 0.252 e. The van der Waals surface area contributed by atoms with Gasteiger partial charge in [0.2, 0.25) is 5.95 Å². The third-order valence-corrected chi connectivity index (χ3v) is 5.64. The molecule has 1 aliphatic rings. The number of carbonyl (C=O) groups excluding carboxylic acids is 1. The highest BCUT2D eigenvalue weighted by molar-refractivity contribution is 5.94. The minimum Gasteiger partial charge on any atom is -0.379 e. The molecule has 8 nitrogen and oxygen atoms in total. The first-order chi connectivity index (χ1) is 16.2. The molecule has 2 aromatic carbocycles. The van der Waals surface area contributed by atoms with Crippen molar-refractivity contribution in [3.63, 3.8) is 0 Å². The first-order valence-electron chi connectivity index (χ1n) is 11.0. The molecule has 0 spiro atoms. The van der Waals surface area contributed by atoms with E-state index in [9.17, 15) is 4.79 Å². The van der Waals surface area contributed by atoms with E-state index in [4.69, 9.17) is 4.74 Å². The molecule has 0 saturated carbocycles. The summed E-state index contributed by atoms with van der Waals surface area (Å²) in [6, 6.07) is 21.6. The molecule has 0 aliphatic carbocycles. The van der Waals surface area contributed by atoms with E-state index < -0.39 is 0 Å². The lowest BCUT2D eigenvalue weighted by Gasteiger charge is -2.26. The lowest BCUT2D eigenvalue weighted by molar-refractivity contribution is 0.0334. The van der Waals surface area contributed by atoms with Crippen LogP contribution in [-0.2, 0) is 4.74 Å². The van der Waals surface area contributed by atoms with E-state index in [2.05, 4.69) is 50.7 Å². The van der Waals surface area contributed by atoms with Crippen molar-refractivity contribution in [3.8, 4) is 11.3 Å². The second kappa shape index (κ2) is 9.40. The minimum atomic E-state index is -0.0957. The van der Waals surface area contributed by atoms with Gasteiger partial charge in [0, 0.05) is 29.9 Å².